The number of amides is 5. The molecule has 0 radical (unpaired) electrons. The van der Waals surface area contributed by atoms with Gasteiger partial charge in [-0.15, -0.1) is 0 Å². The number of nitrogens with zero attached hydrogens (tertiary/aromatic N) is 1. The standard InChI is InChI=1S/C46H41N7O12/c1-24(20-25-4-14-31(54)15-5-25)41(57)49-28-10-6-27(7-11-28)43(59)53-36(21-30-22-47-23-48-30)45(61)50-29-12-8-26(9-13-29)42(58)51-34-18-16-32(37(55)39(34)64-2)44(60)52-35-19-17-33(46(62)63)38(56)40(35)65-3/h4-20,22-23,36,54-56H,21H2,1-3H3,(H,47,48)(H,49,57)(H,50,61)(H,51,58)(H,52,60)(H,53,59)(H,62,63)/b24-20+/t36-/m0/s1. The van der Waals surface area contributed by atoms with Gasteiger partial charge in [-0.05, 0) is 103 Å². The van der Waals surface area contributed by atoms with E-state index >= 15 is 0 Å². The normalized spacial score (nSPS) is 11.4. The van der Waals surface area contributed by atoms with E-state index in [1.165, 1.54) is 86.4 Å². The fraction of sp³-hybridized carbons (Fsp3) is 0.109. The Morgan fingerprint density at radius 1 is 0.662 bits per heavy atom. The third-order valence-electron chi connectivity index (χ3n) is 9.70. The Kier molecular flexibility index (Phi) is 14.1. The summed E-state index contributed by atoms with van der Waals surface area (Å²) in [5.74, 6) is -6.30. The Morgan fingerprint density at radius 2 is 1.20 bits per heavy atom. The van der Waals surface area contributed by atoms with Gasteiger partial charge in [-0.1, -0.05) is 12.1 Å². The number of carbonyl (C=O) groups excluding carboxylic acids is 5. The number of H-pyrrole nitrogens is 1. The zero-order chi connectivity index (χ0) is 46.8. The van der Waals surface area contributed by atoms with Gasteiger partial charge in [-0.25, -0.2) is 9.78 Å². The van der Waals surface area contributed by atoms with Crippen LogP contribution in [0.2, 0.25) is 0 Å². The highest BCUT2D eigenvalue weighted by atomic mass is 16.5. The summed E-state index contributed by atoms with van der Waals surface area (Å²) in [6.07, 6.45) is 4.66. The van der Waals surface area contributed by atoms with E-state index in [1.54, 1.807) is 37.3 Å². The van der Waals surface area contributed by atoms with Gasteiger partial charge in [0.2, 0.25) is 5.91 Å². The van der Waals surface area contributed by atoms with Crippen molar-refractivity contribution in [3.63, 3.8) is 0 Å². The van der Waals surface area contributed by atoms with Crippen LogP contribution in [0.5, 0.6) is 28.7 Å². The number of carbonyl (C=O) groups is 6. The number of aromatic hydroxyl groups is 3. The minimum Gasteiger partial charge on any atom is -0.508 e. The van der Waals surface area contributed by atoms with Crippen molar-refractivity contribution in [3.8, 4) is 28.7 Å². The van der Waals surface area contributed by atoms with Crippen molar-refractivity contribution in [2.45, 2.75) is 19.4 Å². The molecule has 0 saturated carbocycles. The van der Waals surface area contributed by atoms with E-state index < -0.39 is 52.7 Å². The summed E-state index contributed by atoms with van der Waals surface area (Å²) >= 11 is 0. The molecule has 1 heterocycles. The van der Waals surface area contributed by atoms with E-state index in [4.69, 9.17) is 9.47 Å². The van der Waals surface area contributed by atoms with Crippen LogP contribution in [0.25, 0.3) is 6.08 Å². The third-order valence-corrected chi connectivity index (χ3v) is 9.70. The molecule has 6 aromatic rings. The van der Waals surface area contributed by atoms with Gasteiger partial charge >= 0.3 is 5.97 Å². The number of benzene rings is 5. The van der Waals surface area contributed by atoms with E-state index in [2.05, 4.69) is 36.6 Å². The van der Waals surface area contributed by atoms with Gasteiger partial charge in [0.05, 0.1) is 37.5 Å². The van der Waals surface area contributed by atoms with Crippen LogP contribution < -0.4 is 36.1 Å². The second-order valence-corrected chi connectivity index (χ2v) is 14.1. The molecule has 65 heavy (non-hydrogen) atoms. The summed E-state index contributed by atoms with van der Waals surface area (Å²) in [6.45, 7) is 1.64. The molecule has 0 bridgehead atoms. The number of rotatable bonds is 16. The van der Waals surface area contributed by atoms with Crippen molar-refractivity contribution in [2.24, 2.45) is 0 Å². The SMILES string of the molecule is COc1c(NC(=O)c2ccc(NC(=O)c3ccc(NC(=O)[C@H](Cc4cnc[nH]4)NC(=O)c4ccc(NC(=O)/C(C)=C/c5ccc(O)cc5)cc4)cc3)c(OC)c2O)ccc(C(=O)O)c1O. The quantitative estimate of drug-likeness (QED) is 0.0518. The second-order valence-electron chi connectivity index (χ2n) is 14.1. The zero-order valence-electron chi connectivity index (χ0n) is 34.8. The van der Waals surface area contributed by atoms with E-state index in [1.807, 2.05) is 0 Å². The van der Waals surface area contributed by atoms with Crippen molar-refractivity contribution < 1.29 is 58.7 Å². The molecule has 19 nitrogen and oxygen atoms in total. The van der Waals surface area contributed by atoms with E-state index in [9.17, 15) is 49.2 Å². The molecule has 10 N–H and O–H groups in total. The molecule has 5 aromatic carbocycles. The molecule has 0 spiro atoms. The first-order valence-corrected chi connectivity index (χ1v) is 19.4. The largest absolute Gasteiger partial charge is 0.508 e. The maximum atomic E-state index is 13.6. The molecule has 0 unspecified atom stereocenters. The number of ether oxygens (including phenoxy) is 2. The highest BCUT2D eigenvalue weighted by Gasteiger charge is 2.25. The minimum absolute atomic E-state index is 0.00373. The van der Waals surface area contributed by atoms with E-state index in [0.717, 1.165) is 18.7 Å². The topological polar surface area (TPSA) is 291 Å². The zero-order valence-corrected chi connectivity index (χ0v) is 34.8. The lowest BCUT2D eigenvalue weighted by Gasteiger charge is -2.18. The summed E-state index contributed by atoms with van der Waals surface area (Å²) in [7, 11) is 2.37. The number of aromatic nitrogens is 2. The highest BCUT2D eigenvalue weighted by molar-refractivity contribution is 6.11. The number of hydrogen-bond donors (Lipinski definition) is 10. The first kappa shape index (κ1) is 45.4. The maximum Gasteiger partial charge on any atom is 0.339 e. The molecule has 0 aliphatic carbocycles. The fourth-order valence-corrected chi connectivity index (χ4v) is 6.31. The summed E-state index contributed by atoms with van der Waals surface area (Å²) in [5, 5.41) is 53.4. The van der Waals surface area contributed by atoms with Crippen LogP contribution >= 0.6 is 0 Å². The molecular formula is C46H41N7O12. The summed E-state index contributed by atoms with van der Waals surface area (Å²) in [5.41, 5.74) is 1.92. The lowest BCUT2D eigenvalue weighted by molar-refractivity contribution is -0.118. The Morgan fingerprint density at radius 3 is 1.75 bits per heavy atom. The number of aromatic amines is 1. The number of hydrogen-bond acceptors (Lipinski definition) is 12. The highest BCUT2D eigenvalue weighted by Crippen LogP contribution is 2.40. The fourth-order valence-electron chi connectivity index (χ4n) is 6.31. The monoisotopic (exact) mass is 883 g/mol. The number of nitrogens with one attached hydrogen (secondary N) is 6. The van der Waals surface area contributed by atoms with Crippen molar-refractivity contribution in [2.75, 3.05) is 35.5 Å². The molecule has 1 atom stereocenters. The van der Waals surface area contributed by atoms with Crippen LogP contribution in [-0.2, 0) is 16.0 Å². The lowest BCUT2D eigenvalue weighted by Crippen LogP contribution is -2.45. The van der Waals surface area contributed by atoms with Gasteiger partial charge in [-0.3, -0.25) is 24.0 Å². The molecule has 5 amide bonds. The van der Waals surface area contributed by atoms with Crippen molar-refractivity contribution in [3.05, 3.63) is 149 Å². The number of aromatic carboxylic acids is 1. The summed E-state index contributed by atoms with van der Waals surface area (Å²) in [4.78, 5) is 84.5. The van der Waals surface area contributed by atoms with Gasteiger partial charge < -0.3 is 61.5 Å². The van der Waals surface area contributed by atoms with Gasteiger partial charge in [0.1, 0.15) is 17.4 Å². The van der Waals surface area contributed by atoms with Crippen LogP contribution in [-0.4, -0.2) is 86.2 Å². The smallest absolute Gasteiger partial charge is 0.339 e. The molecule has 0 saturated heterocycles. The molecule has 19 heteroatoms. The Hall–Kier alpha value is -9.13. The van der Waals surface area contributed by atoms with Crippen molar-refractivity contribution >= 4 is 64.3 Å². The predicted molar refractivity (Wildman–Crippen MR) is 238 cm³/mol. The molecule has 1 aromatic heterocycles. The third kappa shape index (κ3) is 11.0. The number of anilines is 4. The van der Waals surface area contributed by atoms with Crippen molar-refractivity contribution in [1.29, 1.82) is 0 Å². The molecule has 0 aliphatic rings. The van der Waals surface area contributed by atoms with E-state index in [-0.39, 0.29) is 57.6 Å². The van der Waals surface area contributed by atoms with Crippen LogP contribution in [0.1, 0.15) is 59.6 Å². The number of imidazole rings is 1. The minimum atomic E-state index is -1.42. The van der Waals surface area contributed by atoms with Crippen molar-refractivity contribution in [1.82, 2.24) is 15.3 Å². The molecule has 0 aliphatic heterocycles. The molecular weight excluding hydrogens is 843 g/mol. The maximum absolute atomic E-state index is 13.6. The molecule has 6 rings (SSSR count). The van der Waals surface area contributed by atoms with Crippen LogP contribution in [0.4, 0.5) is 22.7 Å². The molecule has 0 fully saturated rings. The second kappa shape index (κ2) is 20.2. The Labute approximate surface area is 369 Å². The number of carboxylic acids is 1. The van der Waals surface area contributed by atoms with Gasteiger partial charge in [-0.2, -0.15) is 0 Å². The average molecular weight is 884 g/mol. The number of phenolic OH excluding ortho intramolecular Hbond substituents is 2. The number of carboxylic acid groups (broad SMARTS) is 1. The first-order valence-electron chi connectivity index (χ1n) is 19.4. The lowest BCUT2D eigenvalue weighted by atomic mass is 10.1. The number of methoxy groups -OCH3 is 2. The van der Waals surface area contributed by atoms with Gasteiger partial charge in [0.25, 0.3) is 23.6 Å². The predicted octanol–water partition coefficient (Wildman–Crippen LogP) is 5.77. The van der Waals surface area contributed by atoms with E-state index in [0.29, 0.717) is 22.6 Å². The van der Waals surface area contributed by atoms with Gasteiger partial charge in [0, 0.05) is 46.4 Å². The summed E-state index contributed by atoms with van der Waals surface area (Å²) in [6, 6.07) is 21.9. The first-order chi connectivity index (χ1) is 31.1. The Bertz CT molecular complexity index is 2790. The molecule has 332 valence electrons. The van der Waals surface area contributed by atoms with Crippen LogP contribution in [0.15, 0.2) is 115 Å². The summed E-state index contributed by atoms with van der Waals surface area (Å²) < 4.78 is 10.4. The van der Waals surface area contributed by atoms with Crippen LogP contribution in [0, 0.1) is 0 Å². The van der Waals surface area contributed by atoms with Crippen LogP contribution in [0.3, 0.4) is 0 Å². The number of phenols is 3. The Balaban J connectivity index is 1.08. The average Bonchev–Trinajstić information content (AvgIpc) is 3.80. The van der Waals surface area contributed by atoms with Gasteiger partial charge in [0.15, 0.2) is 23.0 Å².